The highest BCUT2D eigenvalue weighted by Gasteiger charge is 2.27. The molecule has 0 radical (unpaired) electrons. The Bertz CT molecular complexity index is 1320. The van der Waals surface area contributed by atoms with Gasteiger partial charge in [-0.15, -0.1) is 0 Å². The molecule has 8 heteroatoms. The molecule has 0 atom stereocenters. The molecule has 2 N–H and O–H groups in total. The number of anilines is 1. The van der Waals surface area contributed by atoms with Crippen LogP contribution in [-0.2, 0) is 11.2 Å². The van der Waals surface area contributed by atoms with Gasteiger partial charge in [-0.1, -0.05) is 0 Å². The van der Waals surface area contributed by atoms with E-state index in [-0.39, 0.29) is 12.0 Å². The largest absolute Gasteiger partial charge is 0.444 e. The van der Waals surface area contributed by atoms with Crippen LogP contribution in [0.4, 0.5) is 10.5 Å². The highest BCUT2D eigenvalue weighted by molar-refractivity contribution is 5.97. The molecule has 8 nitrogen and oxygen atoms in total. The summed E-state index contributed by atoms with van der Waals surface area (Å²) < 4.78 is 5.54. The quantitative estimate of drug-likeness (QED) is 0.543. The molecule has 0 saturated carbocycles. The van der Waals surface area contributed by atoms with Crippen molar-refractivity contribution in [2.75, 3.05) is 37.6 Å². The van der Waals surface area contributed by atoms with Crippen molar-refractivity contribution >= 4 is 17.7 Å². The zero-order valence-corrected chi connectivity index (χ0v) is 22.3. The Kier molecular flexibility index (Phi) is 6.43. The Hall–Kier alpha value is -3.81. The summed E-state index contributed by atoms with van der Waals surface area (Å²) in [4.78, 5) is 36.9. The first-order chi connectivity index (χ1) is 17.6. The minimum Gasteiger partial charge on any atom is -0.444 e. The van der Waals surface area contributed by atoms with Crippen LogP contribution in [0.2, 0.25) is 0 Å². The number of fused-ring (bicyclic) bond motifs is 1. The van der Waals surface area contributed by atoms with Crippen molar-refractivity contribution in [2.24, 2.45) is 0 Å². The topological polar surface area (TPSA) is 90.6 Å². The van der Waals surface area contributed by atoms with Crippen LogP contribution in [-0.4, -0.2) is 65.2 Å². The Labute approximate surface area is 218 Å². The number of aromatic amines is 1. The highest BCUT2D eigenvalue weighted by atomic mass is 16.6. The second-order valence-electron chi connectivity index (χ2n) is 10.9. The monoisotopic (exact) mass is 501 g/mol. The number of nitrogens with zero attached hydrogens (tertiary/aromatic N) is 3. The standard InChI is InChI=1S/C29H35N5O3/c1-18-14-21(15-19(2)26(18)33-10-12-34(13-11-33)28(36)37-29(3,4)5)24-16-20(6-8-30-24)25-17-22-23(32-25)7-9-31-27(22)35/h6,8,14-17,32H,7,9-13H2,1-5H3,(H,31,35). The van der Waals surface area contributed by atoms with E-state index in [1.165, 1.54) is 16.8 Å². The van der Waals surface area contributed by atoms with Crippen LogP contribution < -0.4 is 10.2 Å². The number of nitrogens with one attached hydrogen (secondary N) is 2. The Morgan fingerprint density at radius 2 is 1.70 bits per heavy atom. The van der Waals surface area contributed by atoms with Gasteiger partial charge in [-0.3, -0.25) is 9.78 Å². The van der Waals surface area contributed by atoms with Gasteiger partial charge in [-0.05, 0) is 76.1 Å². The molecule has 4 heterocycles. The lowest BCUT2D eigenvalue weighted by Crippen LogP contribution is -2.50. The molecule has 5 rings (SSSR count). The number of aromatic nitrogens is 2. The summed E-state index contributed by atoms with van der Waals surface area (Å²) in [5, 5.41) is 2.90. The maximum Gasteiger partial charge on any atom is 0.410 e. The van der Waals surface area contributed by atoms with Crippen LogP contribution in [0.5, 0.6) is 0 Å². The first-order valence-corrected chi connectivity index (χ1v) is 12.9. The second-order valence-corrected chi connectivity index (χ2v) is 10.9. The Morgan fingerprint density at radius 3 is 2.35 bits per heavy atom. The molecular weight excluding hydrogens is 466 g/mol. The first kappa shape index (κ1) is 24.9. The van der Waals surface area contributed by atoms with Gasteiger partial charge in [0.25, 0.3) is 5.91 Å². The minimum absolute atomic E-state index is 0.0215. The first-order valence-electron chi connectivity index (χ1n) is 12.9. The number of pyridine rings is 1. The van der Waals surface area contributed by atoms with Crippen molar-refractivity contribution in [2.45, 2.75) is 46.6 Å². The summed E-state index contributed by atoms with van der Waals surface area (Å²) in [5.41, 5.74) is 8.68. The summed E-state index contributed by atoms with van der Waals surface area (Å²) in [7, 11) is 0. The molecule has 2 aromatic heterocycles. The predicted octanol–water partition coefficient (Wildman–Crippen LogP) is 4.70. The molecule has 2 aliphatic heterocycles. The second kappa shape index (κ2) is 9.57. The molecule has 2 amide bonds. The van der Waals surface area contributed by atoms with Crippen molar-refractivity contribution in [1.29, 1.82) is 0 Å². The number of H-pyrrole nitrogens is 1. The lowest BCUT2D eigenvalue weighted by Gasteiger charge is -2.38. The van der Waals surface area contributed by atoms with Crippen LogP contribution in [0.3, 0.4) is 0 Å². The van der Waals surface area contributed by atoms with Gasteiger partial charge in [0.1, 0.15) is 5.60 Å². The van der Waals surface area contributed by atoms with Gasteiger partial charge < -0.3 is 24.8 Å². The van der Waals surface area contributed by atoms with E-state index in [0.717, 1.165) is 53.3 Å². The van der Waals surface area contributed by atoms with Gasteiger partial charge in [0.05, 0.1) is 11.3 Å². The number of piperazine rings is 1. The summed E-state index contributed by atoms with van der Waals surface area (Å²) in [5.74, 6) is -0.0215. The molecule has 3 aromatic rings. The molecule has 1 saturated heterocycles. The molecule has 0 unspecified atom stereocenters. The predicted molar refractivity (Wildman–Crippen MR) is 145 cm³/mol. The van der Waals surface area contributed by atoms with Gasteiger partial charge in [-0.2, -0.15) is 0 Å². The van der Waals surface area contributed by atoms with Gasteiger partial charge >= 0.3 is 6.09 Å². The van der Waals surface area contributed by atoms with Gasteiger partial charge in [-0.25, -0.2) is 4.79 Å². The number of hydrogen-bond acceptors (Lipinski definition) is 5. The van der Waals surface area contributed by atoms with Crippen LogP contribution in [0, 0.1) is 13.8 Å². The van der Waals surface area contributed by atoms with Crippen LogP contribution in [0.1, 0.15) is 48.0 Å². The molecule has 37 heavy (non-hydrogen) atoms. The summed E-state index contributed by atoms with van der Waals surface area (Å²) in [6.45, 7) is 13.4. The fraction of sp³-hybridized carbons (Fsp3) is 0.414. The zero-order chi connectivity index (χ0) is 26.3. The van der Waals surface area contributed by atoms with Crippen molar-refractivity contribution in [3.8, 4) is 22.5 Å². The third kappa shape index (κ3) is 5.19. The lowest BCUT2D eigenvalue weighted by molar-refractivity contribution is 0.0240. The normalized spacial score (nSPS) is 15.9. The van der Waals surface area contributed by atoms with E-state index >= 15 is 0 Å². The van der Waals surface area contributed by atoms with Crippen molar-refractivity contribution in [3.05, 3.63) is 58.9 Å². The fourth-order valence-corrected chi connectivity index (χ4v) is 5.25. The number of carbonyl (C=O) groups is 2. The third-order valence-corrected chi connectivity index (χ3v) is 6.91. The molecule has 2 aliphatic rings. The highest BCUT2D eigenvalue weighted by Crippen LogP contribution is 2.33. The van der Waals surface area contributed by atoms with E-state index in [1.54, 1.807) is 4.90 Å². The van der Waals surface area contributed by atoms with Crippen LogP contribution in [0.15, 0.2) is 36.5 Å². The average Bonchev–Trinajstić information content (AvgIpc) is 3.29. The number of aryl methyl sites for hydroxylation is 2. The fourth-order valence-electron chi connectivity index (χ4n) is 5.25. The van der Waals surface area contributed by atoms with E-state index in [1.807, 2.05) is 39.1 Å². The van der Waals surface area contributed by atoms with Gasteiger partial charge in [0, 0.05) is 73.5 Å². The number of carbonyl (C=O) groups excluding carboxylic acids is 2. The van der Waals surface area contributed by atoms with Crippen LogP contribution >= 0.6 is 0 Å². The maximum atomic E-state index is 12.5. The van der Waals surface area contributed by atoms with E-state index in [4.69, 9.17) is 4.74 Å². The van der Waals surface area contributed by atoms with E-state index in [0.29, 0.717) is 19.6 Å². The van der Waals surface area contributed by atoms with Gasteiger partial charge in [0.2, 0.25) is 0 Å². The number of ether oxygens (including phenoxy) is 1. The van der Waals surface area contributed by atoms with Crippen molar-refractivity contribution in [3.63, 3.8) is 0 Å². The third-order valence-electron chi connectivity index (χ3n) is 6.91. The van der Waals surface area contributed by atoms with Gasteiger partial charge in [0.15, 0.2) is 0 Å². The van der Waals surface area contributed by atoms with E-state index in [2.05, 4.69) is 52.2 Å². The van der Waals surface area contributed by atoms with E-state index < -0.39 is 5.60 Å². The molecule has 0 spiro atoms. The molecule has 0 aliphatic carbocycles. The number of rotatable bonds is 3. The minimum atomic E-state index is -0.489. The average molecular weight is 502 g/mol. The lowest BCUT2D eigenvalue weighted by atomic mass is 9.99. The number of hydrogen-bond donors (Lipinski definition) is 2. The Balaban J connectivity index is 1.34. The Morgan fingerprint density at radius 1 is 1.00 bits per heavy atom. The van der Waals surface area contributed by atoms with Crippen molar-refractivity contribution in [1.82, 2.24) is 20.2 Å². The maximum absolute atomic E-state index is 12.5. The summed E-state index contributed by atoms with van der Waals surface area (Å²) in [6, 6.07) is 10.3. The number of benzene rings is 1. The van der Waals surface area contributed by atoms with Crippen molar-refractivity contribution < 1.29 is 14.3 Å². The summed E-state index contributed by atoms with van der Waals surface area (Å²) in [6.07, 6.45) is 2.38. The van der Waals surface area contributed by atoms with E-state index in [9.17, 15) is 9.59 Å². The molecular formula is C29H35N5O3. The molecule has 194 valence electrons. The molecule has 1 aromatic carbocycles. The molecule has 0 bridgehead atoms. The van der Waals surface area contributed by atoms with Crippen LogP contribution in [0.25, 0.3) is 22.5 Å². The zero-order valence-electron chi connectivity index (χ0n) is 22.3. The SMILES string of the molecule is Cc1cc(-c2cc(-c3cc4c([nH]3)CCNC4=O)ccn2)cc(C)c1N1CCN(C(=O)OC(C)(C)C)CC1. The summed E-state index contributed by atoms with van der Waals surface area (Å²) >= 11 is 0. The smallest absolute Gasteiger partial charge is 0.410 e. The molecule has 1 fully saturated rings. The number of amides is 2.